The number of nitrogen functional groups attached to an aromatic ring is 1. The molecule has 3 N–H and O–H groups in total. The number of benzene rings is 2. The van der Waals surface area contributed by atoms with Crippen molar-refractivity contribution < 1.29 is 19.1 Å². The van der Waals surface area contributed by atoms with E-state index in [1.54, 1.807) is 11.0 Å². The Kier molecular flexibility index (Phi) is 9.45. The molecule has 5 aliphatic heterocycles. The molecular formula is C36H48ClN7O4. The van der Waals surface area contributed by atoms with Gasteiger partial charge >= 0.3 is 12.1 Å². The summed E-state index contributed by atoms with van der Waals surface area (Å²) in [6.07, 6.45) is 3.83. The van der Waals surface area contributed by atoms with Crippen LogP contribution in [0.2, 0.25) is 5.02 Å². The maximum absolute atomic E-state index is 14.1. The van der Waals surface area contributed by atoms with Crippen molar-refractivity contribution >= 4 is 41.0 Å². The summed E-state index contributed by atoms with van der Waals surface area (Å²) >= 11 is 6.49. The van der Waals surface area contributed by atoms with Crippen LogP contribution in [0.15, 0.2) is 36.4 Å². The van der Waals surface area contributed by atoms with Crippen LogP contribution in [0.25, 0.3) is 0 Å². The van der Waals surface area contributed by atoms with Crippen LogP contribution in [0.5, 0.6) is 0 Å². The number of aryl methyl sites for hydroxylation is 1. The molecule has 12 heteroatoms. The van der Waals surface area contributed by atoms with Crippen molar-refractivity contribution in [3.05, 3.63) is 58.1 Å². The predicted octanol–water partition coefficient (Wildman–Crippen LogP) is 4.42. The molecule has 3 atom stereocenters. The number of hydrogen-bond acceptors (Lipinski definition) is 7. The molecule has 5 heterocycles. The number of carbonyl (C=O) groups excluding carboxylic acids is 3. The van der Waals surface area contributed by atoms with E-state index in [2.05, 4.69) is 22.2 Å². The summed E-state index contributed by atoms with van der Waals surface area (Å²) in [7, 11) is 2.22. The number of hydrogen-bond donors (Lipinski definition) is 2. The molecule has 2 aromatic rings. The summed E-state index contributed by atoms with van der Waals surface area (Å²) < 4.78 is 6.09. The predicted molar refractivity (Wildman–Crippen MR) is 186 cm³/mol. The second-order valence-electron chi connectivity index (χ2n) is 14.3. The van der Waals surface area contributed by atoms with Gasteiger partial charge in [-0.2, -0.15) is 0 Å². The number of halogens is 1. The number of likely N-dealkylation sites (tertiary alicyclic amines) is 4. The quantitative estimate of drug-likeness (QED) is 0.417. The second kappa shape index (κ2) is 13.8. The summed E-state index contributed by atoms with van der Waals surface area (Å²) in [6, 6.07) is 13.2. The number of fused-ring (bicyclic) bond motifs is 3. The fourth-order valence-corrected chi connectivity index (χ4v) is 8.84. The van der Waals surface area contributed by atoms with Crippen molar-refractivity contribution in [3.8, 4) is 0 Å². The maximum atomic E-state index is 14.1. The molecule has 4 fully saturated rings. The van der Waals surface area contributed by atoms with Crippen LogP contribution < -0.4 is 11.1 Å². The molecule has 11 nitrogen and oxygen atoms in total. The molecule has 5 aliphatic rings. The average Bonchev–Trinajstić information content (AvgIpc) is 3.69. The lowest BCUT2D eigenvalue weighted by atomic mass is 9.99. The minimum atomic E-state index is -0.975. The van der Waals surface area contributed by atoms with Gasteiger partial charge in [0.15, 0.2) is 6.10 Å². The van der Waals surface area contributed by atoms with E-state index >= 15 is 0 Å². The van der Waals surface area contributed by atoms with Gasteiger partial charge in [-0.05, 0) is 74.4 Å². The van der Waals surface area contributed by atoms with Crippen molar-refractivity contribution in [3.63, 3.8) is 0 Å². The SMILES string of the molecule is CCc1cc(C[C@@H](OC(=O)N2CCC(N3Cc4ccccc4NC3=O)CC2)C(=O)N2CCC(N3CC4CC3CN4C)CC2)cc(Cl)c1N. The van der Waals surface area contributed by atoms with Crippen molar-refractivity contribution in [1.82, 2.24) is 24.5 Å². The molecule has 4 saturated heterocycles. The van der Waals surface area contributed by atoms with Crippen molar-refractivity contribution in [2.45, 2.75) is 88.7 Å². The summed E-state index contributed by atoms with van der Waals surface area (Å²) in [5.74, 6) is -0.158. The van der Waals surface area contributed by atoms with E-state index in [4.69, 9.17) is 22.1 Å². The first kappa shape index (κ1) is 33.0. The number of likely N-dealkylation sites (N-methyl/N-ethyl adjacent to an activating group) is 1. The zero-order chi connectivity index (χ0) is 33.5. The number of ether oxygens (including phenoxy) is 1. The first-order chi connectivity index (χ1) is 23.2. The van der Waals surface area contributed by atoms with Crippen LogP contribution in [-0.2, 0) is 28.9 Å². The van der Waals surface area contributed by atoms with E-state index in [-0.39, 0.29) is 24.4 Å². The van der Waals surface area contributed by atoms with Gasteiger partial charge in [0.1, 0.15) is 0 Å². The van der Waals surface area contributed by atoms with Crippen LogP contribution in [0.1, 0.15) is 55.7 Å². The molecule has 258 valence electrons. The standard InChI is InChI=1S/C36H48ClN7O4/c1-3-24-16-23(17-30(37)33(24)38)18-32(34(45)41-12-8-26(9-13-41)43-22-28-19-29(43)21-40(28)2)48-36(47)42-14-10-27(11-15-42)44-20-25-6-4-5-7-31(25)39-35(44)46/h4-7,16-17,26-29,32H,3,8-15,18-22,38H2,1-2H3,(H,39,46)/t28?,29?,32-/m1/s1. The molecule has 2 aromatic carbocycles. The Balaban J connectivity index is 1.000. The third-order valence-electron chi connectivity index (χ3n) is 11.4. The lowest BCUT2D eigenvalue weighted by Gasteiger charge is -2.42. The number of nitrogens with zero attached hydrogens (tertiary/aromatic N) is 5. The topological polar surface area (TPSA) is 115 Å². The number of piperidine rings is 2. The Morgan fingerprint density at radius 2 is 1.69 bits per heavy atom. The first-order valence-corrected chi connectivity index (χ1v) is 18.0. The molecule has 7 rings (SSSR count). The van der Waals surface area contributed by atoms with Crippen molar-refractivity contribution in [1.29, 1.82) is 0 Å². The van der Waals surface area contributed by atoms with Gasteiger partial charge < -0.3 is 35.4 Å². The average molecular weight is 678 g/mol. The molecule has 0 radical (unpaired) electrons. The summed E-state index contributed by atoms with van der Waals surface area (Å²) in [6.45, 7) is 6.99. The largest absolute Gasteiger partial charge is 0.436 e. The Morgan fingerprint density at radius 1 is 0.979 bits per heavy atom. The van der Waals surface area contributed by atoms with E-state index < -0.39 is 12.2 Å². The minimum absolute atomic E-state index is 0.0109. The van der Waals surface area contributed by atoms with Gasteiger partial charge in [-0.25, -0.2) is 9.59 Å². The van der Waals surface area contributed by atoms with Gasteiger partial charge in [0.25, 0.3) is 5.91 Å². The lowest BCUT2D eigenvalue weighted by Crippen LogP contribution is -2.55. The molecule has 0 aromatic heterocycles. The maximum Gasteiger partial charge on any atom is 0.410 e. The summed E-state index contributed by atoms with van der Waals surface area (Å²) in [4.78, 5) is 51.2. The van der Waals surface area contributed by atoms with Crippen LogP contribution in [0.3, 0.4) is 0 Å². The Hall–Kier alpha value is -3.54. The third-order valence-corrected chi connectivity index (χ3v) is 11.7. The van der Waals surface area contributed by atoms with Crippen LogP contribution >= 0.6 is 11.6 Å². The van der Waals surface area contributed by atoms with Gasteiger partial charge in [-0.15, -0.1) is 0 Å². The molecule has 0 spiro atoms. The van der Waals surface area contributed by atoms with Crippen LogP contribution in [0.4, 0.5) is 21.0 Å². The summed E-state index contributed by atoms with van der Waals surface area (Å²) in [5.41, 5.74) is 10.4. The molecule has 4 amide bonds. The second-order valence-corrected chi connectivity index (χ2v) is 14.7. The Labute approximate surface area is 288 Å². The van der Waals surface area contributed by atoms with E-state index in [0.29, 0.717) is 80.8 Å². The van der Waals surface area contributed by atoms with E-state index in [1.165, 1.54) is 6.42 Å². The molecule has 0 aliphatic carbocycles. The zero-order valence-electron chi connectivity index (χ0n) is 28.1. The highest BCUT2D eigenvalue weighted by Crippen LogP contribution is 2.34. The lowest BCUT2D eigenvalue weighted by molar-refractivity contribution is -0.142. The van der Waals surface area contributed by atoms with Crippen molar-refractivity contribution in [2.75, 3.05) is 57.4 Å². The molecule has 2 bridgehead atoms. The number of amides is 4. The fourth-order valence-electron chi connectivity index (χ4n) is 8.58. The third kappa shape index (κ3) is 6.56. The van der Waals surface area contributed by atoms with E-state index in [1.807, 2.05) is 47.1 Å². The Bertz CT molecular complexity index is 1540. The minimum Gasteiger partial charge on any atom is -0.436 e. The zero-order valence-corrected chi connectivity index (χ0v) is 28.8. The molecule has 48 heavy (non-hydrogen) atoms. The van der Waals surface area contributed by atoms with Crippen LogP contribution in [0, 0.1) is 0 Å². The monoisotopic (exact) mass is 677 g/mol. The number of nitrogens with one attached hydrogen (secondary N) is 1. The Morgan fingerprint density at radius 3 is 2.38 bits per heavy atom. The van der Waals surface area contributed by atoms with Gasteiger partial charge in [0.05, 0.1) is 10.7 Å². The highest BCUT2D eigenvalue weighted by molar-refractivity contribution is 6.33. The highest BCUT2D eigenvalue weighted by Gasteiger charge is 2.45. The van der Waals surface area contributed by atoms with Gasteiger partial charge in [-0.1, -0.05) is 42.8 Å². The number of urea groups is 1. The van der Waals surface area contributed by atoms with E-state index in [9.17, 15) is 14.4 Å². The van der Waals surface area contributed by atoms with Gasteiger partial charge in [0, 0.05) is 82.1 Å². The first-order valence-electron chi connectivity index (χ1n) is 17.6. The fraction of sp³-hybridized carbons (Fsp3) is 0.583. The number of nitrogens with two attached hydrogens (primary N) is 1. The van der Waals surface area contributed by atoms with Crippen molar-refractivity contribution in [2.24, 2.45) is 0 Å². The van der Waals surface area contributed by atoms with Gasteiger partial charge in [0.2, 0.25) is 0 Å². The summed E-state index contributed by atoms with van der Waals surface area (Å²) in [5, 5.41) is 3.44. The number of piperazine rings is 1. The molecular weight excluding hydrogens is 630 g/mol. The number of anilines is 2. The number of rotatable bonds is 7. The van der Waals surface area contributed by atoms with Crippen LogP contribution in [-0.4, -0.2) is 119 Å². The number of carbonyl (C=O) groups is 3. The highest BCUT2D eigenvalue weighted by atomic mass is 35.5. The smallest absolute Gasteiger partial charge is 0.410 e. The van der Waals surface area contributed by atoms with Gasteiger partial charge in [-0.3, -0.25) is 9.69 Å². The number of para-hydroxylation sites is 1. The van der Waals surface area contributed by atoms with E-state index in [0.717, 1.165) is 48.3 Å². The normalized spacial score (nSPS) is 24.5. The molecule has 2 unspecified atom stereocenters. The molecule has 0 saturated carbocycles.